The Balaban J connectivity index is 3.12. The average molecular weight is 142 g/mol. The van der Waals surface area contributed by atoms with Crippen molar-refractivity contribution in [3.63, 3.8) is 0 Å². The molecule has 0 fully saturated rings. The molecule has 0 bridgehead atoms. The standard InChI is InChI=1S/C7H14N2O/c1-7(10)9-6-4-2-3-5-8/h4,6H,2-3,5,8H2,1H3,(H,9,10)/b6-4-. The van der Waals surface area contributed by atoms with E-state index in [-0.39, 0.29) is 5.91 Å². The van der Waals surface area contributed by atoms with Gasteiger partial charge in [-0.15, -0.1) is 0 Å². The molecule has 0 spiro atoms. The second-order valence-corrected chi connectivity index (χ2v) is 2.03. The van der Waals surface area contributed by atoms with Crippen LogP contribution in [0.2, 0.25) is 0 Å². The van der Waals surface area contributed by atoms with E-state index in [1.165, 1.54) is 6.92 Å². The number of allylic oxidation sites excluding steroid dienone is 1. The number of hydrogen-bond acceptors (Lipinski definition) is 2. The number of nitrogens with one attached hydrogen (secondary N) is 1. The van der Waals surface area contributed by atoms with Gasteiger partial charge in [-0.1, -0.05) is 6.08 Å². The topological polar surface area (TPSA) is 55.1 Å². The van der Waals surface area contributed by atoms with Gasteiger partial charge in [0.15, 0.2) is 0 Å². The molecule has 58 valence electrons. The molecular formula is C7H14N2O. The molecule has 0 rings (SSSR count). The molecular weight excluding hydrogens is 128 g/mol. The number of hydrogen-bond donors (Lipinski definition) is 2. The maximum absolute atomic E-state index is 10.3. The van der Waals surface area contributed by atoms with Gasteiger partial charge in [0.1, 0.15) is 0 Å². The second kappa shape index (κ2) is 6.29. The molecule has 0 radical (unpaired) electrons. The molecule has 3 N–H and O–H groups in total. The van der Waals surface area contributed by atoms with Gasteiger partial charge in [-0.25, -0.2) is 0 Å². The molecule has 3 nitrogen and oxygen atoms in total. The first-order chi connectivity index (χ1) is 4.77. The number of rotatable bonds is 4. The summed E-state index contributed by atoms with van der Waals surface area (Å²) in [6.07, 6.45) is 5.44. The smallest absolute Gasteiger partial charge is 0.220 e. The molecule has 0 saturated heterocycles. The van der Waals surface area contributed by atoms with Crippen LogP contribution >= 0.6 is 0 Å². The third kappa shape index (κ3) is 7.17. The Bertz CT molecular complexity index is 121. The summed E-state index contributed by atoms with van der Waals surface area (Å²) >= 11 is 0. The molecule has 3 heteroatoms. The Morgan fingerprint density at radius 2 is 2.40 bits per heavy atom. The molecule has 0 aromatic heterocycles. The van der Waals surface area contributed by atoms with Crippen LogP contribution in [0.25, 0.3) is 0 Å². The summed E-state index contributed by atoms with van der Waals surface area (Å²) in [5.41, 5.74) is 5.25. The van der Waals surface area contributed by atoms with Crippen LogP contribution in [-0.4, -0.2) is 12.5 Å². The van der Waals surface area contributed by atoms with Gasteiger partial charge < -0.3 is 11.1 Å². The quantitative estimate of drug-likeness (QED) is 0.557. The number of carbonyl (C=O) groups excluding carboxylic acids is 1. The summed E-state index contributed by atoms with van der Waals surface area (Å²) in [4.78, 5) is 10.3. The summed E-state index contributed by atoms with van der Waals surface area (Å²) in [5.74, 6) is -0.0380. The Morgan fingerprint density at radius 1 is 1.70 bits per heavy atom. The number of carbonyl (C=O) groups is 1. The van der Waals surface area contributed by atoms with Gasteiger partial charge in [-0.05, 0) is 25.6 Å². The molecule has 0 aromatic carbocycles. The minimum atomic E-state index is -0.0380. The molecule has 0 aliphatic rings. The Labute approximate surface area is 61.3 Å². The van der Waals surface area contributed by atoms with Crippen molar-refractivity contribution in [3.8, 4) is 0 Å². The van der Waals surface area contributed by atoms with Crippen molar-refractivity contribution in [2.75, 3.05) is 6.54 Å². The van der Waals surface area contributed by atoms with Gasteiger partial charge in [0, 0.05) is 6.92 Å². The van der Waals surface area contributed by atoms with Crippen molar-refractivity contribution in [2.24, 2.45) is 5.73 Å². The SMILES string of the molecule is CC(=O)N/C=C\CCCN. The first-order valence-corrected chi connectivity index (χ1v) is 3.39. The van der Waals surface area contributed by atoms with E-state index in [2.05, 4.69) is 5.32 Å². The van der Waals surface area contributed by atoms with Gasteiger partial charge in [-0.2, -0.15) is 0 Å². The van der Waals surface area contributed by atoms with Gasteiger partial charge in [0.05, 0.1) is 0 Å². The summed E-state index contributed by atoms with van der Waals surface area (Å²) < 4.78 is 0. The highest BCUT2D eigenvalue weighted by atomic mass is 16.1. The summed E-state index contributed by atoms with van der Waals surface area (Å²) in [5, 5.41) is 2.54. The zero-order chi connectivity index (χ0) is 7.82. The third-order valence-corrected chi connectivity index (χ3v) is 0.979. The minimum Gasteiger partial charge on any atom is -0.333 e. The van der Waals surface area contributed by atoms with Gasteiger partial charge >= 0.3 is 0 Å². The normalized spacial score (nSPS) is 10.2. The third-order valence-electron chi connectivity index (χ3n) is 0.979. The Kier molecular flexibility index (Phi) is 5.77. The number of amides is 1. The molecule has 0 aromatic rings. The average Bonchev–Trinajstić information content (AvgIpc) is 1.87. The highest BCUT2D eigenvalue weighted by molar-refractivity contribution is 5.73. The first-order valence-electron chi connectivity index (χ1n) is 3.39. The molecule has 0 saturated carbocycles. The van der Waals surface area contributed by atoms with Crippen LogP contribution in [0.4, 0.5) is 0 Å². The van der Waals surface area contributed by atoms with E-state index in [1.54, 1.807) is 6.20 Å². The maximum atomic E-state index is 10.3. The first kappa shape index (κ1) is 9.17. The second-order valence-electron chi connectivity index (χ2n) is 2.03. The van der Waals surface area contributed by atoms with Crippen molar-refractivity contribution in [3.05, 3.63) is 12.3 Å². The van der Waals surface area contributed by atoms with Crippen LogP contribution in [0.3, 0.4) is 0 Å². The Hall–Kier alpha value is -0.830. The Morgan fingerprint density at radius 3 is 2.90 bits per heavy atom. The van der Waals surface area contributed by atoms with Crippen LogP contribution in [0.5, 0.6) is 0 Å². The molecule has 10 heavy (non-hydrogen) atoms. The molecule has 0 heterocycles. The van der Waals surface area contributed by atoms with Gasteiger partial charge in [-0.3, -0.25) is 4.79 Å². The van der Waals surface area contributed by atoms with Crippen molar-refractivity contribution in [1.29, 1.82) is 0 Å². The lowest BCUT2D eigenvalue weighted by atomic mass is 10.3. The van der Waals surface area contributed by atoms with Crippen LogP contribution in [0.15, 0.2) is 12.3 Å². The summed E-state index contributed by atoms with van der Waals surface area (Å²) in [6.45, 7) is 2.18. The van der Waals surface area contributed by atoms with Crippen LogP contribution in [0, 0.1) is 0 Å². The molecule has 0 aliphatic carbocycles. The predicted molar refractivity (Wildman–Crippen MR) is 41.2 cm³/mol. The van der Waals surface area contributed by atoms with E-state index in [0.717, 1.165) is 12.8 Å². The predicted octanol–water partition coefficient (Wildman–Crippen LogP) is 0.375. The van der Waals surface area contributed by atoms with E-state index < -0.39 is 0 Å². The lowest BCUT2D eigenvalue weighted by Crippen LogP contribution is -2.11. The molecule has 1 amide bonds. The largest absolute Gasteiger partial charge is 0.333 e. The van der Waals surface area contributed by atoms with E-state index in [9.17, 15) is 4.79 Å². The van der Waals surface area contributed by atoms with Crippen LogP contribution in [-0.2, 0) is 4.79 Å². The minimum absolute atomic E-state index is 0.0380. The van der Waals surface area contributed by atoms with Crippen LogP contribution < -0.4 is 11.1 Å². The zero-order valence-electron chi connectivity index (χ0n) is 6.26. The van der Waals surface area contributed by atoms with Crippen molar-refractivity contribution >= 4 is 5.91 Å². The maximum Gasteiger partial charge on any atom is 0.220 e. The van der Waals surface area contributed by atoms with Crippen molar-refractivity contribution in [2.45, 2.75) is 19.8 Å². The van der Waals surface area contributed by atoms with E-state index >= 15 is 0 Å². The summed E-state index contributed by atoms with van der Waals surface area (Å²) in [7, 11) is 0. The van der Waals surface area contributed by atoms with Crippen LogP contribution in [0.1, 0.15) is 19.8 Å². The monoisotopic (exact) mass is 142 g/mol. The fourth-order valence-electron chi connectivity index (χ4n) is 0.495. The highest BCUT2D eigenvalue weighted by Crippen LogP contribution is 1.85. The number of nitrogens with two attached hydrogens (primary N) is 1. The molecule has 0 atom stereocenters. The molecule has 0 unspecified atom stereocenters. The van der Waals surface area contributed by atoms with Crippen molar-refractivity contribution in [1.82, 2.24) is 5.32 Å². The van der Waals surface area contributed by atoms with Gasteiger partial charge in [0.25, 0.3) is 0 Å². The van der Waals surface area contributed by atoms with Gasteiger partial charge in [0.2, 0.25) is 5.91 Å². The highest BCUT2D eigenvalue weighted by Gasteiger charge is 1.81. The molecule has 0 aliphatic heterocycles. The lowest BCUT2D eigenvalue weighted by Gasteiger charge is -1.90. The lowest BCUT2D eigenvalue weighted by molar-refractivity contribution is -0.118. The van der Waals surface area contributed by atoms with Crippen molar-refractivity contribution < 1.29 is 4.79 Å². The fourth-order valence-corrected chi connectivity index (χ4v) is 0.495. The van der Waals surface area contributed by atoms with E-state index in [1.807, 2.05) is 6.08 Å². The van der Waals surface area contributed by atoms with E-state index in [4.69, 9.17) is 5.73 Å². The van der Waals surface area contributed by atoms with E-state index in [0.29, 0.717) is 6.54 Å². The zero-order valence-corrected chi connectivity index (χ0v) is 6.26. The number of unbranched alkanes of at least 4 members (excludes halogenated alkanes) is 1. The fraction of sp³-hybridized carbons (Fsp3) is 0.571. The summed E-state index contributed by atoms with van der Waals surface area (Å²) in [6, 6.07) is 0.